The predicted molar refractivity (Wildman–Crippen MR) is 293 cm³/mol. The second-order valence-electron chi connectivity index (χ2n) is 17.8. The first-order valence-corrected chi connectivity index (χ1v) is 23.8. The number of anilines is 6. The maximum Gasteiger partial charge on any atom is 0.116 e. The molecule has 0 saturated heterocycles. The first kappa shape index (κ1) is 40.9. The van der Waals surface area contributed by atoms with E-state index in [0.29, 0.717) is 0 Å². The Hall–Kier alpha value is -9.38. The van der Waals surface area contributed by atoms with E-state index in [1.165, 1.54) is 33.0 Å². The molecule has 4 nitrogen and oxygen atoms in total. The lowest BCUT2D eigenvalue weighted by atomic mass is 10.0. The molecule has 0 radical (unpaired) electrons. The van der Waals surface area contributed by atoms with Crippen molar-refractivity contribution in [3.8, 4) is 67.0 Å². The van der Waals surface area contributed by atoms with Gasteiger partial charge in [-0.15, -0.1) is 0 Å². The van der Waals surface area contributed by atoms with Crippen LogP contribution in [0.4, 0.5) is 34.1 Å². The summed E-state index contributed by atoms with van der Waals surface area (Å²) in [6.07, 6.45) is 0. The molecule has 0 atom stereocenters. The molecular formula is C66H44N4. The Morgan fingerprint density at radius 2 is 0.500 bits per heavy atom. The summed E-state index contributed by atoms with van der Waals surface area (Å²) in [7, 11) is 0. The molecule has 4 heteroatoms. The summed E-state index contributed by atoms with van der Waals surface area (Å²) in [6.45, 7) is 0. The molecule has 0 aliphatic heterocycles. The minimum Gasteiger partial charge on any atom is -0.308 e. The largest absolute Gasteiger partial charge is 0.308 e. The molecule has 0 saturated carbocycles. The maximum atomic E-state index is 5.80. The van der Waals surface area contributed by atoms with Gasteiger partial charge in [-0.3, -0.25) is 0 Å². The van der Waals surface area contributed by atoms with Crippen molar-refractivity contribution in [1.29, 1.82) is 0 Å². The fraction of sp³-hybridized carbons (Fsp3) is 0. The van der Waals surface area contributed by atoms with Gasteiger partial charge in [0.1, 0.15) is 11.0 Å². The Morgan fingerprint density at radius 3 is 0.786 bits per heavy atom. The van der Waals surface area contributed by atoms with Gasteiger partial charge < -0.3 is 9.80 Å². The quantitative estimate of drug-likeness (QED) is 0.137. The van der Waals surface area contributed by atoms with Crippen LogP contribution in [0, 0.1) is 0 Å². The number of fused-ring (bicyclic) bond motifs is 4. The number of nitrogens with zero attached hydrogens (tertiary/aromatic N) is 4. The van der Waals surface area contributed by atoms with Gasteiger partial charge >= 0.3 is 0 Å². The standard InChI is InChI=1S/C66H44N4/c1-5-15-45(16-6-1)49-27-35-54(36-28-49)69(55-37-29-50(30-38-55)46-17-7-2-8-18-46)60-43-44-61(66-65(60)67-63-58-25-13-23-53-24-14-26-59(62(53)58)64(63)68-66)70(56-39-31-51(32-40-56)47-19-9-3-10-20-47)57-41-33-52(34-42-57)48-21-11-4-12-22-48/h1-44H. The minimum absolute atomic E-state index is 0.798. The van der Waals surface area contributed by atoms with Crippen molar-refractivity contribution in [2.45, 2.75) is 0 Å². The van der Waals surface area contributed by atoms with Gasteiger partial charge in [0.15, 0.2) is 0 Å². The first-order valence-electron chi connectivity index (χ1n) is 23.8. The average molecular weight is 893 g/mol. The zero-order valence-electron chi connectivity index (χ0n) is 38.2. The molecule has 1 aliphatic carbocycles. The van der Waals surface area contributed by atoms with Crippen molar-refractivity contribution in [2.75, 3.05) is 9.80 Å². The zero-order chi connectivity index (χ0) is 46.4. The number of hydrogen-bond acceptors (Lipinski definition) is 4. The van der Waals surface area contributed by atoms with Crippen LogP contribution in [0.25, 0.3) is 88.8 Å². The van der Waals surface area contributed by atoms with Gasteiger partial charge in [-0.2, -0.15) is 0 Å². The Kier molecular flexibility index (Phi) is 10.1. The van der Waals surface area contributed by atoms with Crippen LogP contribution in [0.3, 0.4) is 0 Å². The molecule has 12 aromatic rings. The van der Waals surface area contributed by atoms with Crippen LogP contribution in [0.1, 0.15) is 0 Å². The van der Waals surface area contributed by atoms with Gasteiger partial charge in [0.2, 0.25) is 0 Å². The summed E-state index contributed by atoms with van der Waals surface area (Å²) in [4.78, 5) is 16.3. The molecule has 0 N–H and O–H groups in total. The highest BCUT2D eigenvalue weighted by atomic mass is 15.2. The van der Waals surface area contributed by atoms with Crippen molar-refractivity contribution >= 4 is 55.9 Å². The molecule has 70 heavy (non-hydrogen) atoms. The molecule has 328 valence electrons. The van der Waals surface area contributed by atoms with Gasteiger partial charge in [0.05, 0.1) is 22.8 Å². The lowest BCUT2D eigenvalue weighted by molar-refractivity contribution is 1.23. The van der Waals surface area contributed by atoms with Crippen LogP contribution < -0.4 is 9.80 Å². The summed E-state index contributed by atoms with van der Waals surface area (Å²) in [5.74, 6) is 0. The molecule has 1 aromatic heterocycles. The molecule has 1 heterocycles. The van der Waals surface area contributed by atoms with Gasteiger partial charge in [-0.05, 0) is 111 Å². The van der Waals surface area contributed by atoms with E-state index in [-0.39, 0.29) is 0 Å². The van der Waals surface area contributed by atoms with Gasteiger partial charge in [-0.1, -0.05) is 206 Å². The maximum absolute atomic E-state index is 5.80. The third kappa shape index (κ3) is 7.27. The third-order valence-corrected chi connectivity index (χ3v) is 13.6. The summed E-state index contributed by atoms with van der Waals surface area (Å²) < 4.78 is 0. The number of rotatable bonds is 10. The van der Waals surface area contributed by atoms with Crippen LogP contribution in [0.5, 0.6) is 0 Å². The third-order valence-electron chi connectivity index (χ3n) is 13.6. The van der Waals surface area contributed by atoms with Crippen molar-refractivity contribution < 1.29 is 0 Å². The van der Waals surface area contributed by atoms with Crippen LogP contribution in [0.2, 0.25) is 0 Å². The molecule has 0 spiro atoms. The highest BCUT2D eigenvalue weighted by Crippen LogP contribution is 2.50. The summed E-state index contributed by atoms with van der Waals surface area (Å²) in [5.41, 5.74) is 20.8. The van der Waals surface area contributed by atoms with E-state index in [2.05, 4.69) is 277 Å². The topological polar surface area (TPSA) is 32.3 Å². The summed E-state index contributed by atoms with van der Waals surface area (Å²) in [5, 5.41) is 2.37. The normalized spacial score (nSPS) is 11.4. The van der Waals surface area contributed by atoms with E-state index in [4.69, 9.17) is 9.97 Å². The molecular weight excluding hydrogens is 849 g/mol. The molecule has 0 unspecified atom stereocenters. The average Bonchev–Trinajstić information content (AvgIpc) is 3.76. The molecule has 11 aromatic carbocycles. The smallest absolute Gasteiger partial charge is 0.116 e. The number of benzene rings is 11. The molecule has 1 aliphatic rings. The van der Waals surface area contributed by atoms with Crippen molar-refractivity contribution in [3.05, 3.63) is 267 Å². The monoisotopic (exact) mass is 892 g/mol. The van der Waals surface area contributed by atoms with E-state index in [9.17, 15) is 0 Å². The highest BCUT2D eigenvalue weighted by Gasteiger charge is 2.29. The first-order chi connectivity index (χ1) is 34.7. The number of hydrogen-bond donors (Lipinski definition) is 0. The zero-order valence-corrected chi connectivity index (χ0v) is 38.2. The molecule has 13 rings (SSSR count). The Bertz CT molecular complexity index is 3400. The SMILES string of the molecule is c1ccc(-c2ccc(N(c3ccc(-c4ccccc4)cc3)c3ccc(N(c4ccc(-c5ccccc5)cc4)c4ccc(-c5ccccc5)cc4)c4nc5c(nc34)-c3cccc4cccc-5c34)cc2)cc1. The van der Waals surface area contributed by atoms with Crippen LogP contribution in [-0.4, -0.2) is 9.97 Å². The second-order valence-corrected chi connectivity index (χ2v) is 17.8. The summed E-state index contributed by atoms with van der Waals surface area (Å²) >= 11 is 0. The number of aromatic nitrogens is 2. The van der Waals surface area contributed by atoms with Gasteiger partial charge in [0, 0.05) is 39.3 Å². The molecule has 0 amide bonds. The molecule has 0 fully saturated rings. The van der Waals surface area contributed by atoms with Crippen molar-refractivity contribution in [3.63, 3.8) is 0 Å². The fourth-order valence-electron chi connectivity index (χ4n) is 10.2. The Morgan fingerprint density at radius 1 is 0.229 bits per heavy atom. The van der Waals surface area contributed by atoms with Crippen LogP contribution in [0.15, 0.2) is 267 Å². The fourth-order valence-corrected chi connectivity index (χ4v) is 10.2. The Labute approximate surface area is 407 Å². The lowest BCUT2D eigenvalue weighted by Crippen LogP contribution is -2.14. The van der Waals surface area contributed by atoms with E-state index in [0.717, 1.165) is 89.9 Å². The predicted octanol–water partition coefficient (Wildman–Crippen LogP) is 18.0. The summed E-state index contributed by atoms with van der Waals surface area (Å²) in [6, 6.07) is 95.2. The highest BCUT2D eigenvalue weighted by molar-refractivity contribution is 6.16. The van der Waals surface area contributed by atoms with Crippen LogP contribution >= 0.6 is 0 Å². The minimum atomic E-state index is 0.798. The van der Waals surface area contributed by atoms with Crippen molar-refractivity contribution in [2.24, 2.45) is 0 Å². The van der Waals surface area contributed by atoms with Crippen LogP contribution in [-0.2, 0) is 0 Å². The van der Waals surface area contributed by atoms with Gasteiger partial charge in [-0.25, -0.2) is 9.97 Å². The van der Waals surface area contributed by atoms with E-state index in [1.807, 2.05) is 0 Å². The Balaban J connectivity index is 1.05. The second kappa shape index (κ2) is 17.4. The van der Waals surface area contributed by atoms with E-state index >= 15 is 0 Å². The molecule has 0 bridgehead atoms. The lowest BCUT2D eigenvalue weighted by Gasteiger charge is -2.30. The van der Waals surface area contributed by atoms with Crippen molar-refractivity contribution in [1.82, 2.24) is 9.97 Å². The van der Waals surface area contributed by atoms with Gasteiger partial charge in [0.25, 0.3) is 0 Å². The van der Waals surface area contributed by atoms with E-state index < -0.39 is 0 Å². The van der Waals surface area contributed by atoms with E-state index in [1.54, 1.807) is 0 Å².